The van der Waals surface area contributed by atoms with Gasteiger partial charge in [0, 0.05) is 10.9 Å². The highest BCUT2D eigenvalue weighted by atomic mass is 79.9. The number of carbonyl (C=O) groups excluding carboxylic acids is 2. The average molecular weight is 374 g/mol. The summed E-state index contributed by atoms with van der Waals surface area (Å²) in [4.78, 5) is 26.9. The second-order valence-electron chi connectivity index (χ2n) is 5.17. The molecule has 3 atom stereocenters. The van der Waals surface area contributed by atoms with Gasteiger partial charge in [0.1, 0.15) is 0 Å². The molecule has 0 radical (unpaired) electrons. The molecule has 2 heterocycles. The van der Waals surface area contributed by atoms with Crippen LogP contribution in [-0.2, 0) is 9.59 Å². The number of amides is 2. The number of hydrogen-bond acceptors (Lipinski definition) is 5. The van der Waals surface area contributed by atoms with Crippen molar-refractivity contribution >= 4 is 39.1 Å². The van der Waals surface area contributed by atoms with Crippen LogP contribution in [0.1, 0.15) is 37.6 Å². The van der Waals surface area contributed by atoms with Gasteiger partial charge in [0.25, 0.3) is 0 Å². The third-order valence-corrected chi connectivity index (χ3v) is 5.49. The van der Waals surface area contributed by atoms with Crippen LogP contribution in [0.3, 0.4) is 0 Å². The van der Waals surface area contributed by atoms with Crippen molar-refractivity contribution in [3.05, 3.63) is 20.8 Å². The monoisotopic (exact) mass is 373 g/mol. The summed E-state index contributed by atoms with van der Waals surface area (Å²) in [6, 6.07) is 3.43. The number of rotatable bonds is 5. The molecule has 3 N–H and O–H groups in total. The van der Waals surface area contributed by atoms with Gasteiger partial charge in [-0.15, -0.1) is 11.3 Å². The van der Waals surface area contributed by atoms with Crippen LogP contribution in [0.5, 0.6) is 0 Å². The van der Waals surface area contributed by atoms with Crippen molar-refractivity contribution in [2.24, 2.45) is 5.73 Å². The number of carbonyl (C=O) groups is 2. The molecule has 7 heteroatoms. The maximum absolute atomic E-state index is 12.1. The zero-order chi connectivity index (χ0) is 15.6. The molecule has 2 rings (SSSR count). The van der Waals surface area contributed by atoms with Gasteiger partial charge in [0.2, 0.25) is 11.8 Å². The zero-order valence-corrected chi connectivity index (χ0v) is 14.5. The molecule has 1 aliphatic heterocycles. The number of imide groups is 1. The van der Waals surface area contributed by atoms with E-state index in [1.54, 1.807) is 11.3 Å². The summed E-state index contributed by atoms with van der Waals surface area (Å²) in [7, 11) is 0. The third kappa shape index (κ3) is 3.53. The van der Waals surface area contributed by atoms with Gasteiger partial charge in [-0.05, 0) is 40.9 Å². The summed E-state index contributed by atoms with van der Waals surface area (Å²) in [5.74, 6) is -0.480. The molecule has 116 valence electrons. The van der Waals surface area contributed by atoms with Crippen LogP contribution in [-0.4, -0.2) is 35.3 Å². The Kier molecular flexibility index (Phi) is 5.54. The maximum Gasteiger partial charge on any atom is 0.243 e. The highest BCUT2D eigenvalue weighted by molar-refractivity contribution is 9.11. The van der Waals surface area contributed by atoms with E-state index >= 15 is 0 Å². The van der Waals surface area contributed by atoms with E-state index in [1.807, 2.05) is 30.9 Å². The van der Waals surface area contributed by atoms with Gasteiger partial charge in [-0.3, -0.25) is 19.8 Å². The molecular formula is C14H20BrN3O2S. The summed E-state index contributed by atoms with van der Waals surface area (Å²) >= 11 is 5.06. The van der Waals surface area contributed by atoms with E-state index in [0.29, 0.717) is 6.42 Å². The van der Waals surface area contributed by atoms with E-state index in [0.717, 1.165) is 15.1 Å². The van der Waals surface area contributed by atoms with Gasteiger partial charge in [-0.2, -0.15) is 0 Å². The van der Waals surface area contributed by atoms with Crippen LogP contribution >= 0.6 is 27.3 Å². The summed E-state index contributed by atoms with van der Waals surface area (Å²) in [5, 5.41) is 2.41. The second-order valence-corrected chi connectivity index (χ2v) is 7.66. The predicted octanol–water partition coefficient (Wildman–Crippen LogP) is 2.03. The van der Waals surface area contributed by atoms with Gasteiger partial charge >= 0.3 is 0 Å². The molecular weight excluding hydrogens is 354 g/mol. The first-order valence-corrected chi connectivity index (χ1v) is 8.69. The summed E-state index contributed by atoms with van der Waals surface area (Å²) in [6.07, 6.45) is 1.43. The first-order valence-electron chi connectivity index (χ1n) is 7.08. The Hall–Kier alpha value is -0.760. The van der Waals surface area contributed by atoms with Crippen molar-refractivity contribution in [2.45, 2.75) is 44.8 Å². The fourth-order valence-corrected chi connectivity index (χ4v) is 4.35. The van der Waals surface area contributed by atoms with Crippen molar-refractivity contribution in [1.82, 2.24) is 10.2 Å². The lowest BCUT2D eigenvalue weighted by atomic mass is 9.98. The second kappa shape index (κ2) is 7.00. The number of nitrogens with one attached hydrogen (secondary N) is 1. The molecule has 1 aromatic rings. The maximum atomic E-state index is 12.1. The molecule has 3 unspecified atom stereocenters. The lowest BCUT2D eigenvalue weighted by molar-refractivity contribution is -0.142. The highest BCUT2D eigenvalue weighted by Crippen LogP contribution is 2.35. The minimum atomic E-state index is -0.314. The molecule has 1 aromatic heterocycles. The molecule has 1 aliphatic rings. The standard InChI is InChI=1S/C14H20BrN3O2S/c1-3-8(16)13(10-5-6-11(15)21-10)18-7-12(19)17-14(20)9(18)4-2/h5-6,8-9,13H,3-4,7,16H2,1-2H3,(H,17,19,20). The van der Waals surface area contributed by atoms with Gasteiger partial charge < -0.3 is 5.73 Å². The van der Waals surface area contributed by atoms with Crippen molar-refractivity contribution in [3.8, 4) is 0 Å². The fourth-order valence-electron chi connectivity index (χ4n) is 2.73. The summed E-state index contributed by atoms with van der Waals surface area (Å²) in [5.41, 5.74) is 6.30. The molecule has 0 aromatic carbocycles. The Bertz CT molecular complexity index is 534. The number of nitrogens with two attached hydrogens (primary N) is 1. The smallest absolute Gasteiger partial charge is 0.243 e. The minimum Gasteiger partial charge on any atom is -0.326 e. The third-order valence-electron chi connectivity index (χ3n) is 3.80. The van der Waals surface area contributed by atoms with Crippen LogP contribution < -0.4 is 11.1 Å². The van der Waals surface area contributed by atoms with E-state index in [4.69, 9.17) is 5.73 Å². The molecule has 0 bridgehead atoms. The Balaban J connectivity index is 2.38. The van der Waals surface area contributed by atoms with Crippen molar-refractivity contribution < 1.29 is 9.59 Å². The lowest BCUT2D eigenvalue weighted by Crippen LogP contribution is -2.60. The Morgan fingerprint density at radius 2 is 2.19 bits per heavy atom. The molecule has 5 nitrogen and oxygen atoms in total. The molecule has 1 fully saturated rings. The van der Waals surface area contributed by atoms with Crippen molar-refractivity contribution in [1.29, 1.82) is 0 Å². The largest absolute Gasteiger partial charge is 0.326 e. The van der Waals surface area contributed by atoms with E-state index < -0.39 is 0 Å². The van der Waals surface area contributed by atoms with Crippen molar-refractivity contribution in [2.75, 3.05) is 6.54 Å². The number of nitrogens with zero attached hydrogens (tertiary/aromatic N) is 1. The Morgan fingerprint density at radius 1 is 1.48 bits per heavy atom. The van der Waals surface area contributed by atoms with Crippen LogP contribution in [0, 0.1) is 0 Å². The van der Waals surface area contributed by atoms with Gasteiger partial charge in [0.15, 0.2) is 0 Å². The van der Waals surface area contributed by atoms with E-state index in [9.17, 15) is 9.59 Å². The Labute approximate surface area is 137 Å². The van der Waals surface area contributed by atoms with E-state index in [-0.39, 0.29) is 36.5 Å². The molecule has 0 aliphatic carbocycles. The fraction of sp³-hybridized carbons (Fsp3) is 0.571. The molecule has 0 spiro atoms. The molecule has 0 saturated carbocycles. The SMILES string of the molecule is CCC(N)C(c1ccc(Br)s1)N1CC(=O)NC(=O)C1CC. The Morgan fingerprint density at radius 3 is 2.71 bits per heavy atom. The van der Waals surface area contributed by atoms with Gasteiger partial charge in [-0.1, -0.05) is 13.8 Å². The van der Waals surface area contributed by atoms with Gasteiger partial charge in [-0.25, -0.2) is 0 Å². The minimum absolute atomic E-state index is 0.119. The lowest BCUT2D eigenvalue weighted by Gasteiger charge is -2.41. The number of thiophene rings is 1. The van der Waals surface area contributed by atoms with E-state index in [1.165, 1.54) is 0 Å². The van der Waals surface area contributed by atoms with Gasteiger partial charge in [0.05, 0.1) is 22.4 Å². The van der Waals surface area contributed by atoms with Crippen LogP contribution in [0.25, 0.3) is 0 Å². The number of piperazine rings is 1. The quantitative estimate of drug-likeness (QED) is 0.774. The first kappa shape index (κ1) is 16.6. The summed E-state index contributed by atoms with van der Waals surface area (Å²) in [6.45, 7) is 4.18. The molecule has 2 amide bonds. The first-order chi connectivity index (χ1) is 9.97. The van der Waals surface area contributed by atoms with Crippen LogP contribution in [0.2, 0.25) is 0 Å². The summed E-state index contributed by atoms with van der Waals surface area (Å²) < 4.78 is 1.02. The van der Waals surface area contributed by atoms with Crippen LogP contribution in [0.4, 0.5) is 0 Å². The highest BCUT2D eigenvalue weighted by Gasteiger charge is 2.39. The average Bonchev–Trinajstić information content (AvgIpc) is 2.84. The van der Waals surface area contributed by atoms with E-state index in [2.05, 4.69) is 21.2 Å². The number of hydrogen-bond donors (Lipinski definition) is 2. The van der Waals surface area contributed by atoms with Crippen LogP contribution in [0.15, 0.2) is 15.9 Å². The predicted molar refractivity (Wildman–Crippen MR) is 87.0 cm³/mol. The normalized spacial score (nSPS) is 23.0. The molecule has 21 heavy (non-hydrogen) atoms. The topological polar surface area (TPSA) is 75.4 Å². The molecule has 1 saturated heterocycles. The zero-order valence-electron chi connectivity index (χ0n) is 12.1. The number of halogens is 1. The van der Waals surface area contributed by atoms with Crippen molar-refractivity contribution in [3.63, 3.8) is 0 Å².